The summed E-state index contributed by atoms with van der Waals surface area (Å²) in [6.45, 7) is 0. The molecular formula is C26H22O10. The molecule has 3 aromatic carbocycles. The molecule has 0 aliphatic heterocycles. The van der Waals surface area contributed by atoms with Gasteiger partial charge in [0.25, 0.3) is 0 Å². The lowest BCUT2D eigenvalue weighted by molar-refractivity contribution is -0.133. The fraction of sp³-hybridized carbons (Fsp3) is 0.0385. The quantitative estimate of drug-likeness (QED) is 0.147. The van der Waals surface area contributed by atoms with Crippen LogP contribution >= 0.6 is 0 Å². The van der Waals surface area contributed by atoms with E-state index in [1.165, 1.54) is 67.8 Å². The van der Waals surface area contributed by atoms with Crippen molar-refractivity contribution in [2.45, 2.75) is 0 Å². The number of carbonyl (C=O) groups is 3. The van der Waals surface area contributed by atoms with E-state index in [0.29, 0.717) is 11.1 Å². The molecule has 0 fully saturated rings. The Hall–Kier alpha value is -5.25. The molecule has 10 nitrogen and oxygen atoms in total. The van der Waals surface area contributed by atoms with Crippen molar-refractivity contribution in [1.29, 1.82) is 0 Å². The van der Waals surface area contributed by atoms with Gasteiger partial charge in [-0.2, -0.15) is 0 Å². The van der Waals surface area contributed by atoms with Crippen LogP contribution < -0.4 is 4.74 Å². The van der Waals surface area contributed by atoms with Gasteiger partial charge >= 0.3 is 17.9 Å². The molecule has 0 atom stereocenters. The summed E-state index contributed by atoms with van der Waals surface area (Å²) in [4.78, 5) is 33.6. The fourth-order valence-electron chi connectivity index (χ4n) is 2.55. The Kier molecular flexibility index (Phi) is 9.63. The number of methoxy groups -OCH3 is 1. The highest BCUT2D eigenvalue weighted by Crippen LogP contribution is 2.27. The number of aliphatic carboxylic acids is 1. The zero-order chi connectivity index (χ0) is 26.7. The summed E-state index contributed by atoms with van der Waals surface area (Å²) in [6.07, 6.45) is 4.82. The number of carbonyl (C=O) groups excluding carboxylic acids is 2. The van der Waals surface area contributed by atoms with E-state index in [1.807, 2.05) is 0 Å². The van der Waals surface area contributed by atoms with E-state index >= 15 is 0 Å². The molecule has 0 saturated carbocycles. The van der Waals surface area contributed by atoms with Crippen LogP contribution in [0.2, 0.25) is 0 Å². The lowest BCUT2D eigenvalue weighted by Gasteiger charge is -2.05. The van der Waals surface area contributed by atoms with Gasteiger partial charge in [-0.3, -0.25) is 0 Å². The van der Waals surface area contributed by atoms with Crippen molar-refractivity contribution in [3.05, 3.63) is 89.5 Å². The van der Waals surface area contributed by atoms with Crippen LogP contribution in [0.5, 0.6) is 28.7 Å². The first-order valence-electron chi connectivity index (χ1n) is 10.1. The van der Waals surface area contributed by atoms with Crippen LogP contribution in [0.3, 0.4) is 0 Å². The maximum atomic E-state index is 11.8. The minimum atomic E-state index is -1.06. The molecule has 0 aliphatic carbocycles. The normalized spacial score (nSPS) is 10.5. The second-order valence-corrected chi connectivity index (χ2v) is 6.94. The molecule has 10 heteroatoms. The van der Waals surface area contributed by atoms with Gasteiger partial charge < -0.3 is 35.0 Å². The topological polar surface area (TPSA) is 171 Å². The van der Waals surface area contributed by atoms with Gasteiger partial charge in [-0.05, 0) is 65.7 Å². The first-order valence-corrected chi connectivity index (χ1v) is 10.1. The van der Waals surface area contributed by atoms with Gasteiger partial charge in [-0.1, -0.05) is 18.2 Å². The van der Waals surface area contributed by atoms with E-state index < -0.39 is 17.9 Å². The SMILES string of the molecule is COc1cc(C(=O)OC(=O)/C=C/c2ccc(O)cc2)ccc1O.O=C(O)/C=C/c1ccc(O)c(O)c1. The van der Waals surface area contributed by atoms with E-state index in [9.17, 15) is 19.5 Å². The predicted molar refractivity (Wildman–Crippen MR) is 129 cm³/mol. The zero-order valence-electron chi connectivity index (χ0n) is 18.9. The molecule has 186 valence electrons. The van der Waals surface area contributed by atoms with Crippen LogP contribution in [0, 0.1) is 0 Å². The number of esters is 2. The average Bonchev–Trinajstić information content (AvgIpc) is 2.85. The summed E-state index contributed by atoms with van der Waals surface area (Å²) in [5.41, 5.74) is 1.25. The molecule has 3 rings (SSSR count). The first-order chi connectivity index (χ1) is 17.1. The number of carboxylic acid groups (broad SMARTS) is 1. The Balaban J connectivity index is 0.000000297. The molecule has 0 bridgehead atoms. The summed E-state index contributed by atoms with van der Waals surface area (Å²) in [5, 5.41) is 44.9. The molecule has 0 heterocycles. The van der Waals surface area contributed by atoms with Gasteiger partial charge in [-0.25, -0.2) is 14.4 Å². The molecule has 0 aromatic heterocycles. The third-order valence-corrected chi connectivity index (χ3v) is 4.33. The van der Waals surface area contributed by atoms with Gasteiger partial charge in [0.2, 0.25) is 0 Å². The Morgan fingerprint density at radius 2 is 1.33 bits per heavy atom. The summed E-state index contributed by atoms with van der Waals surface area (Å²) in [7, 11) is 1.34. The van der Waals surface area contributed by atoms with Crippen molar-refractivity contribution in [2.24, 2.45) is 0 Å². The van der Waals surface area contributed by atoms with Crippen molar-refractivity contribution in [1.82, 2.24) is 0 Å². The Morgan fingerprint density at radius 3 is 1.94 bits per heavy atom. The molecule has 0 unspecified atom stereocenters. The van der Waals surface area contributed by atoms with Crippen molar-refractivity contribution < 1.29 is 49.4 Å². The number of aromatic hydroxyl groups is 4. The minimum Gasteiger partial charge on any atom is -0.508 e. The Morgan fingerprint density at radius 1 is 0.722 bits per heavy atom. The highest BCUT2D eigenvalue weighted by molar-refractivity contribution is 6.01. The number of benzene rings is 3. The number of ether oxygens (including phenoxy) is 2. The van der Waals surface area contributed by atoms with Crippen molar-refractivity contribution in [3.8, 4) is 28.7 Å². The van der Waals surface area contributed by atoms with Crippen LogP contribution in [0.4, 0.5) is 0 Å². The number of hydrogen-bond acceptors (Lipinski definition) is 9. The van der Waals surface area contributed by atoms with Crippen molar-refractivity contribution in [2.75, 3.05) is 7.11 Å². The maximum absolute atomic E-state index is 11.8. The minimum absolute atomic E-state index is 0.0750. The average molecular weight is 494 g/mol. The number of carboxylic acids is 1. The van der Waals surface area contributed by atoms with E-state index in [1.54, 1.807) is 12.1 Å². The molecule has 0 amide bonds. The van der Waals surface area contributed by atoms with E-state index in [2.05, 4.69) is 4.74 Å². The maximum Gasteiger partial charge on any atom is 0.346 e. The smallest absolute Gasteiger partial charge is 0.346 e. The van der Waals surface area contributed by atoms with E-state index in [0.717, 1.165) is 12.2 Å². The van der Waals surface area contributed by atoms with Crippen LogP contribution in [-0.2, 0) is 14.3 Å². The van der Waals surface area contributed by atoms with Gasteiger partial charge in [0, 0.05) is 12.2 Å². The molecule has 5 N–H and O–H groups in total. The molecule has 3 aromatic rings. The summed E-state index contributed by atoms with van der Waals surface area (Å²) in [6, 6.07) is 14.1. The zero-order valence-corrected chi connectivity index (χ0v) is 18.9. The van der Waals surface area contributed by atoms with E-state index in [-0.39, 0.29) is 34.3 Å². The Labute approximate surface area is 205 Å². The highest BCUT2D eigenvalue weighted by Gasteiger charge is 2.13. The van der Waals surface area contributed by atoms with Gasteiger partial charge in [0.1, 0.15) is 5.75 Å². The van der Waals surface area contributed by atoms with Crippen molar-refractivity contribution >= 4 is 30.1 Å². The second kappa shape index (κ2) is 12.8. The van der Waals surface area contributed by atoms with Crippen molar-refractivity contribution in [3.63, 3.8) is 0 Å². The molecule has 0 radical (unpaired) electrons. The first kappa shape index (κ1) is 27.0. The van der Waals surface area contributed by atoms with Crippen LogP contribution in [0.15, 0.2) is 72.8 Å². The van der Waals surface area contributed by atoms with Gasteiger partial charge in [-0.15, -0.1) is 0 Å². The summed E-state index contributed by atoms with van der Waals surface area (Å²) >= 11 is 0. The summed E-state index contributed by atoms with van der Waals surface area (Å²) in [5.74, 6) is -3.17. The molecule has 0 spiro atoms. The van der Waals surface area contributed by atoms with Gasteiger partial charge in [0.05, 0.1) is 12.7 Å². The second-order valence-electron chi connectivity index (χ2n) is 6.94. The van der Waals surface area contributed by atoms with Gasteiger partial charge in [0.15, 0.2) is 23.0 Å². The predicted octanol–water partition coefficient (Wildman–Crippen LogP) is 3.70. The lowest BCUT2D eigenvalue weighted by atomic mass is 10.2. The monoisotopic (exact) mass is 494 g/mol. The number of rotatable bonds is 6. The number of phenols is 4. The van der Waals surface area contributed by atoms with Crippen LogP contribution in [-0.4, -0.2) is 50.6 Å². The third kappa shape index (κ3) is 8.60. The molecule has 36 heavy (non-hydrogen) atoms. The molecule has 0 saturated heterocycles. The van der Waals surface area contributed by atoms with Crippen LogP contribution in [0.1, 0.15) is 21.5 Å². The fourth-order valence-corrected chi connectivity index (χ4v) is 2.55. The summed E-state index contributed by atoms with van der Waals surface area (Å²) < 4.78 is 9.55. The lowest BCUT2D eigenvalue weighted by Crippen LogP contribution is -2.10. The number of hydrogen-bond donors (Lipinski definition) is 5. The standard InChI is InChI=1S/C17H14O6.C9H8O4/c1-22-15-10-12(5-8-14(15)19)17(21)23-16(20)9-4-11-2-6-13(18)7-3-11;10-7-3-1-6(5-8(7)11)2-4-9(12)13/h2-10,18-19H,1H3;1-5,10-11H,(H,12,13)/b9-4+;4-2+. The number of phenolic OH excluding ortho intramolecular Hbond substituents is 4. The molecule has 0 aliphatic rings. The Bertz CT molecular complexity index is 1290. The molecular weight excluding hydrogens is 472 g/mol. The largest absolute Gasteiger partial charge is 0.508 e. The third-order valence-electron chi connectivity index (χ3n) is 4.33. The highest BCUT2D eigenvalue weighted by atomic mass is 16.6. The van der Waals surface area contributed by atoms with E-state index in [4.69, 9.17) is 25.2 Å². The van der Waals surface area contributed by atoms with Crippen LogP contribution in [0.25, 0.3) is 12.2 Å².